The predicted molar refractivity (Wildman–Crippen MR) is 115 cm³/mol. The average molecular weight is 529 g/mol. The number of carbonyl (C=O) groups is 1. The van der Waals surface area contributed by atoms with Gasteiger partial charge < -0.3 is 10.4 Å². The van der Waals surface area contributed by atoms with E-state index in [9.17, 15) is 9.90 Å². The average Bonchev–Trinajstić information content (AvgIpc) is 2.88. The number of aromatic hydroxyl groups is 1. The van der Waals surface area contributed by atoms with E-state index < -0.39 is 0 Å². The number of aryl methyl sites for hydroxylation is 2. The van der Waals surface area contributed by atoms with E-state index in [0.29, 0.717) is 10.1 Å². The molecular weight excluding hydrogens is 515 g/mol. The van der Waals surface area contributed by atoms with Crippen LogP contribution in [0.1, 0.15) is 16.7 Å². The minimum Gasteiger partial charge on any atom is -0.507 e. The van der Waals surface area contributed by atoms with Gasteiger partial charge in [-0.1, -0.05) is 22.0 Å². The third-order valence-electron chi connectivity index (χ3n) is 3.57. The van der Waals surface area contributed by atoms with Crippen LogP contribution in [-0.2, 0) is 4.79 Å². The molecule has 4 nitrogen and oxygen atoms in total. The van der Waals surface area contributed by atoms with Gasteiger partial charge in [-0.05, 0) is 95.2 Å². The molecule has 0 aromatic heterocycles. The molecular formula is C18H14BrIN2O2S. The number of phenolic OH excluding ortho intramolecular Hbond substituents is 1. The van der Waals surface area contributed by atoms with Crippen LogP contribution in [0.25, 0.3) is 6.08 Å². The summed E-state index contributed by atoms with van der Waals surface area (Å²) in [5.74, 6) is 0.0619. The van der Waals surface area contributed by atoms with Crippen molar-refractivity contribution < 1.29 is 9.90 Å². The van der Waals surface area contributed by atoms with Crippen LogP contribution in [0.5, 0.6) is 5.75 Å². The third kappa shape index (κ3) is 4.27. The lowest BCUT2D eigenvalue weighted by Gasteiger charge is -2.04. The van der Waals surface area contributed by atoms with E-state index in [-0.39, 0.29) is 11.7 Å². The minimum absolute atomic E-state index is 0.169. The van der Waals surface area contributed by atoms with Crippen LogP contribution in [-0.4, -0.2) is 16.2 Å². The van der Waals surface area contributed by atoms with Crippen molar-refractivity contribution in [1.29, 1.82) is 0 Å². The Morgan fingerprint density at radius 2 is 1.92 bits per heavy atom. The largest absolute Gasteiger partial charge is 0.507 e. The van der Waals surface area contributed by atoms with E-state index in [0.717, 1.165) is 30.4 Å². The zero-order valence-electron chi connectivity index (χ0n) is 13.4. The van der Waals surface area contributed by atoms with Gasteiger partial charge in [0.05, 0.1) is 14.2 Å². The molecule has 1 fully saturated rings. The second-order valence-corrected chi connectivity index (χ2v) is 8.57. The van der Waals surface area contributed by atoms with E-state index in [2.05, 4.69) is 48.8 Å². The van der Waals surface area contributed by atoms with Crippen molar-refractivity contribution in [3.05, 3.63) is 60.0 Å². The molecule has 0 unspecified atom stereocenters. The van der Waals surface area contributed by atoms with Gasteiger partial charge >= 0.3 is 0 Å². The number of aliphatic imine (C=N–C) groups is 1. The molecule has 1 aliphatic heterocycles. The van der Waals surface area contributed by atoms with Gasteiger partial charge in [0.15, 0.2) is 5.17 Å². The van der Waals surface area contributed by atoms with E-state index in [1.807, 2.05) is 32.0 Å². The number of halogens is 2. The quantitative estimate of drug-likeness (QED) is 0.412. The standard InChI is InChI=1S/C18H14BrIN2O2S/c1-9-5-12(6-10(2)16(9)19)21-18-22-17(24)15(25-18)8-11-3-4-14(23)13(20)7-11/h3-8,23H,1-2H3,(H,21,22,24)/b15-8-. The van der Waals surface area contributed by atoms with Gasteiger partial charge in [-0.2, -0.15) is 0 Å². The molecule has 2 aromatic rings. The lowest BCUT2D eigenvalue weighted by atomic mass is 10.1. The Hall–Kier alpha value is -1.32. The monoisotopic (exact) mass is 528 g/mol. The van der Waals surface area contributed by atoms with Crippen molar-refractivity contribution in [2.45, 2.75) is 13.8 Å². The maximum Gasteiger partial charge on any atom is 0.264 e. The summed E-state index contributed by atoms with van der Waals surface area (Å²) < 4.78 is 1.81. The van der Waals surface area contributed by atoms with Crippen LogP contribution in [0.4, 0.5) is 5.69 Å². The summed E-state index contributed by atoms with van der Waals surface area (Å²) in [7, 11) is 0. The zero-order valence-corrected chi connectivity index (χ0v) is 18.0. The number of hydrogen-bond donors (Lipinski definition) is 2. The van der Waals surface area contributed by atoms with Crippen molar-refractivity contribution in [3.63, 3.8) is 0 Å². The van der Waals surface area contributed by atoms with Crippen LogP contribution < -0.4 is 5.32 Å². The van der Waals surface area contributed by atoms with E-state index in [4.69, 9.17) is 0 Å². The number of benzene rings is 2. The lowest BCUT2D eigenvalue weighted by molar-refractivity contribution is -0.115. The first kappa shape index (κ1) is 18.5. The highest BCUT2D eigenvalue weighted by Crippen LogP contribution is 2.31. The molecule has 0 bridgehead atoms. The summed E-state index contributed by atoms with van der Waals surface area (Å²) in [6, 6.07) is 9.16. The molecule has 1 saturated heterocycles. The molecule has 7 heteroatoms. The fourth-order valence-corrected chi connectivity index (χ4v) is 3.96. The van der Waals surface area contributed by atoms with Gasteiger partial charge in [0.1, 0.15) is 5.75 Å². The van der Waals surface area contributed by atoms with Crippen LogP contribution in [0.2, 0.25) is 0 Å². The Balaban J connectivity index is 1.87. The predicted octanol–water partition coefficient (Wildman–Crippen LogP) is 5.27. The highest BCUT2D eigenvalue weighted by molar-refractivity contribution is 14.1. The molecule has 0 aliphatic carbocycles. The first-order valence-electron chi connectivity index (χ1n) is 7.38. The smallest absolute Gasteiger partial charge is 0.264 e. The normalized spacial score (nSPS) is 17.4. The number of nitrogens with one attached hydrogen (secondary N) is 1. The molecule has 1 amide bonds. The molecule has 3 rings (SSSR count). The molecule has 1 heterocycles. The Kier molecular flexibility index (Phi) is 5.55. The number of hydrogen-bond acceptors (Lipinski definition) is 4. The number of phenols is 1. The van der Waals surface area contributed by atoms with Gasteiger partial charge in [0, 0.05) is 4.47 Å². The lowest BCUT2D eigenvalue weighted by Crippen LogP contribution is -2.19. The highest BCUT2D eigenvalue weighted by atomic mass is 127. The second-order valence-electron chi connectivity index (χ2n) is 5.59. The van der Waals surface area contributed by atoms with E-state index in [1.54, 1.807) is 18.2 Å². The van der Waals surface area contributed by atoms with Gasteiger partial charge in [-0.25, -0.2) is 4.99 Å². The molecule has 2 N–H and O–H groups in total. The van der Waals surface area contributed by atoms with Crippen LogP contribution in [0.3, 0.4) is 0 Å². The Bertz CT molecular complexity index is 918. The number of amidine groups is 1. The van der Waals surface area contributed by atoms with Gasteiger partial charge in [0.25, 0.3) is 5.91 Å². The van der Waals surface area contributed by atoms with Crippen molar-refractivity contribution in [2.24, 2.45) is 4.99 Å². The minimum atomic E-state index is -0.169. The number of thioether (sulfide) groups is 1. The van der Waals surface area contributed by atoms with Crippen LogP contribution in [0.15, 0.2) is 44.7 Å². The Morgan fingerprint density at radius 1 is 1.24 bits per heavy atom. The number of carbonyl (C=O) groups excluding carboxylic acids is 1. The second kappa shape index (κ2) is 7.51. The summed E-state index contributed by atoms with van der Waals surface area (Å²) >= 11 is 6.91. The summed E-state index contributed by atoms with van der Waals surface area (Å²) in [4.78, 5) is 17.3. The fourth-order valence-electron chi connectivity index (χ4n) is 2.35. The Labute approximate surface area is 172 Å². The summed E-state index contributed by atoms with van der Waals surface area (Å²) in [5, 5.41) is 12.9. The van der Waals surface area contributed by atoms with E-state index >= 15 is 0 Å². The molecule has 0 atom stereocenters. The number of nitrogens with zero attached hydrogens (tertiary/aromatic N) is 1. The molecule has 0 spiro atoms. The van der Waals surface area contributed by atoms with Gasteiger partial charge in [-0.15, -0.1) is 0 Å². The molecule has 0 saturated carbocycles. The maximum atomic E-state index is 12.2. The van der Waals surface area contributed by atoms with Crippen molar-refractivity contribution in [1.82, 2.24) is 5.32 Å². The highest BCUT2D eigenvalue weighted by Gasteiger charge is 2.24. The van der Waals surface area contributed by atoms with E-state index in [1.165, 1.54) is 11.8 Å². The topological polar surface area (TPSA) is 61.7 Å². The van der Waals surface area contributed by atoms with Crippen molar-refractivity contribution in [2.75, 3.05) is 0 Å². The molecule has 128 valence electrons. The number of rotatable bonds is 2. The maximum absolute atomic E-state index is 12.2. The summed E-state index contributed by atoms with van der Waals surface area (Å²) in [5.41, 5.74) is 3.86. The molecule has 0 radical (unpaired) electrons. The Morgan fingerprint density at radius 3 is 2.56 bits per heavy atom. The third-order valence-corrected chi connectivity index (χ3v) is 6.60. The molecule has 25 heavy (non-hydrogen) atoms. The van der Waals surface area contributed by atoms with Crippen molar-refractivity contribution >= 4 is 73.1 Å². The van der Waals surface area contributed by atoms with Gasteiger partial charge in [-0.3, -0.25) is 4.79 Å². The number of amides is 1. The SMILES string of the molecule is Cc1cc(N=C2NC(=O)/C(=C/c3ccc(O)c(I)c3)S2)cc(C)c1Br. The molecule has 1 aliphatic rings. The van der Waals surface area contributed by atoms with Gasteiger partial charge in [0.2, 0.25) is 0 Å². The first-order valence-corrected chi connectivity index (χ1v) is 10.1. The first-order chi connectivity index (χ1) is 11.8. The fraction of sp³-hybridized carbons (Fsp3) is 0.111. The van der Waals surface area contributed by atoms with Crippen molar-refractivity contribution in [3.8, 4) is 5.75 Å². The summed E-state index contributed by atoms with van der Waals surface area (Å²) in [6.45, 7) is 4.03. The summed E-state index contributed by atoms with van der Waals surface area (Å²) in [6.07, 6.45) is 1.79. The van der Waals surface area contributed by atoms with Crippen LogP contribution in [0, 0.1) is 17.4 Å². The van der Waals surface area contributed by atoms with Crippen LogP contribution >= 0.6 is 50.3 Å². The molecule has 2 aromatic carbocycles. The zero-order chi connectivity index (χ0) is 18.1.